The summed E-state index contributed by atoms with van der Waals surface area (Å²) < 4.78 is 39.9. The van der Waals surface area contributed by atoms with Crippen LogP contribution in [0.15, 0.2) is 34.8 Å². The first-order chi connectivity index (χ1) is 14.7. The summed E-state index contributed by atoms with van der Waals surface area (Å²) >= 11 is 0. The number of nitrogens with two attached hydrogens (primary N) is 1. The van der Waals surface area contributed by atoms with Crippen LogP contribution in [0.2, 0.25) is 0 Å². The Hall–Kier alpha value is -2.29. The van der Waals surface area contributed by atoms with E-state index in [9.17, 15) is 17.8 Å². The summed E-state index contributed by atoms with van der Waals surface area (Å²) in [5, 5.41) is 2.71. The third kappa shape index (κ3) is 6.12. The highest BCUT2D eigenvalue weighted by atomic mass is 32.2. The Morgan fingerprint density at radius 3 is 2.55 bits per heavy atom. The minimum absolute atomic E-state index is 0.0911. The van der Waals surface area contributed by atoms with Crippen LogP contribution in [0, 0.1) is 0 Å². The zero-order valence-electron chi connectivity index (χ0n) is 17.8. The van der Waals surface area contributed by atoms with Crippen LogP contribution in [0.1, 0.15) is 51.5 Å². The number of amides is 1. The zero-order chi connectivity index (χ0) is 22.6. The maximum atomic E-state index is 12.3. The second-order valence-electron chi connectivity index (χ2n) is 8.25. The number of nitrogens with one attached hydrogen (secondary N) is 1. The average Bonchev–Trinajstić information content (AvgIpc) is 3.17. The highest BCUT2D eigenvalue weighted by Gasteiger charge is 2.57. The highest BCUT2D eigenvalue weighted by molar-refractivity contribution is 7.85. The summed E-state index contributed by atoms with van der Waals surface area (Å²) in [6.45, 7) is 1.23. The Morgan fingerprint density at radius 1 is 1.29 bits per heavy atom. The van der Waals surface area contributed by atoms with E-state index in [1.54, 1.807) is 12.1 Å². The van der Waals surface area contributed by atoms with Gasteiger partial charge < -0.3 is 15.8 Å². The molecule has 31 heavy (non-hydrogen) atoms. The fourth-order valence-electron chi connectivity index (χ4n) is 3.82. The van der Waals surface area contributed by atoms with Crippen LogP contribution in [-0.2, 0) is 15.6 Å². The number of aliphatic imine (C=N–C) groups is 1. The molecule has 1 aromatic rings. The first kappa shape index (κ1) is 23.4. The molecule has 1 spiro atoms. The van der Waals surface area contributed by atoms with Gasteiger partial charge in [0.1, 0.15) is 11.3 Å². The van der Waals surface area contributed by atoms with Gasteiger partial charge in [0, 0.05) is 39.6 Å². The molecule has 2 unspecified atom stereocenters. The van der Waals surface area contributed by atoms with Crippen molar-refractivity contribution in [3.05, 3.63) is 35.4 Å². The molecule has 9 heteroatoms. The maximum absolute atomic E-state index is 12.3. The van der Waals surface area contributed by atoms with Crippen molar-refractivity contribution in [2.45, 2.75) is 64.1 Å². The number of hydrogen-bond donors (Lipinski definition) is 2. The molecule has 1 aliphatic carbocycles. The normalized spacial score (nSPS) is 27.9. The summed E-state index contributed by atoms with van der Waals surface area (Å²) in [4.78, 5) is 15.3. The van der Waals surface area contributed by atoms with Gasteiger partial charge >= 0.3 is 6.61 Å². The monoisotopic (exact) mass is 453 g/mol. The molecule has 2 heterocycles. The Morgan fingerprint density at radius 2 is 2.00 bits per heavy atom. The van der Waals surface area contributed by atoms with Gasteiger partial charge in [-0.25, -0.2) is 0 Å². The number of rotatable bonds is 4. The molecule has 2 aliphatic heterocycles. The highest BCUT2D eigenvalue weighted by Crippen LogP contribution is 2.31. The predicted octanol–water partition coefficient (Wildman–Crippen LogP) is 3.39. The molecule has 2 saturated heterocycles. The quantitative estimate of drug-likeness (QED) is 0.682. The Balaban J connectivity index is 0.000000248. The van der Waals surface area contributed by atoms with Crippen LogP contribution in [0.3, 0.4) is 0 Å². The molecule has 6 nitrogen and oxygen atoms in total. The second kappa shape index (κ2) is 9.89. The number of allylic oxidation sites excluding steroid dienone is 1. The van der Waals surface area contributed by atoms with Crippen LogP contribution in [-0.4, -0.2) is 45.5 Å². The molecule has 3 fully saturated rings. The van der Waals surface area contributed by atoms with Crippen molar-refractivity contribution in [1.82, 2.24) is 5.32 Å². The minimum Gasteiger partial charge on any atom is -0.435 e. The van der Waals surface area contributed by atoms with Crippen molar-refractivity contribution in [1.29, 1.82) is 0 Å². The van der Waals surface area contributed by atoms with E-state index in [0.717, 1.165) is 43.4 Å². The van der Waals surface area contributed by atoms with Crippen molar-refractivity contribution in [2.24, 2.45) is 10.7 Å². The van der Waals surface area contributed by atoms with Gasteiger partial charge in [0.05, 0.1) is 5.75 Å². The smallest absolute Gasteiger partial charge is 0.387 e. The predicted molar refractivity (Wildman–Crippen MR) is 119 cm³/mol. The molecule has 0 bridgehead atoms. The Bertz CT molecular complexity index is 911. The van der Waals surface area contributed by atoms with Gasteiger partial charge in [-0.05, 0) is 63.7 Å². The summed E-state index contributed by atoms with van der Waals surface area (Å²) in [5.41, 5.74) is 9.36. The molecule has 0 radical (unpaired) electrons. The number of benzene rings is 1. The van der Waals surface area contributed by atoms with Gasteiger partial charge in [-0.15, -0.1) is 0 Å². The fraction of sp³-hybridized carbons (Fsp3) is 0.545. The van der Waals surface area contributed by atoms with E-state index in [-0.39, 0.29) is 23.2 Å². The van der Waals surface area contributed by atoms with Crippen LogP contribution in [0.5, 0.6) is 5.75 Å². The molecule has 170 valence electrons. The second-order valence-corrected chi connectivity index (χ2v) is 9.83. The lowest BCUT2D eigenvalue weighted by molar-refractivity contribution is -0.111. The molecule has 3 aliphatic rings. The zero-order valence-corrected chi connectivity index (χ0v) is 18.6. The van der Waals surface area contributed by atoms with Crippen LogP contribution >= 0.6 is 0 Å². The molecule has 1 aromatic carbocycles. The van der Waals surface area contributed by atoms with Crippen molar-refractivity contribution >= 4 is 28.1 Å². The number of carbonyl (C=O) groups is 1. The Kier molecular flexibility index (Phi) is 7.46. The van der Waals surface area contributed by atoms with Gasteiger partial charge in [0.2, 0.25) is 5.91 Å². The van der Waals surface area contributed by atoms with Crippen molar-refractivity contribution in [3.8, 4) is 5.75 Å². The van der Waals surface area contributed by atoms with E-state index < -0.39 is 17.4 Å². The molecule has 0 aromatic heterocycles. The van der Waals surface area contributed by atoms with Gasteiger partial charge in [-0.1, -0.05) is 12.1 Å². The SMILES string of the molecule is CC(C)N=C1CCCC/C1=C(/N)c1cccc(OC(F)F)c1.O=C1NC12CCS(=O)C2. The lowest BCUT2D eigenvalue weighted by Gasteiger charge is -2.21. The number of hydrogen-bond acceptors (Lipinski definition) is 5. The Labute approximate surface area is 183 Å². The summed E-state index contributed by atoms with van der Waals surface area (Å²) in [6.07, 6.45) is 4.74. The van der Waals surface area contributed by atoms with Crippen molar-refractivity contribution in [3.63, 3.8) is 0 Å². The van der Waals surface area contributed by atoms with Gasteiger partial charge in [-0.2, -0.15) is 8.78 Å². The number of nitrogens with zero attached hydrogens (tertiary/aromatic N) is 1. The van der Waals surface area contributed by atoms with Crippen molar-refractivity contribution < 1.29 is 22.5 Å². The van der Waals surface area contributed by atoms with E-state index in [1.807, 2.05) is 19.9 Å². The molecular weight excluding hydrogens is 424 g/mol. The lowest BCUT2D eigenvalue weighted by Crippen LogP contribution is -2.16. The van der Waals surface area contributed by atoms with Gasteiger partial charge in [-0.3, -0.25) is 14.0 Å². The number of alkyl halides is 2. The average molecular weight is 454 g/mol. The van der Waals surface area contributed by atoms with E-state index >= 15 is 0 Å². The first-order valence-corrected chi connectivity index (χ1v) is 12.0. The molecule has 1 saturated carbocycles. The summed E-state index contributed by atoms with van der Waals surface area (Å²) in [6, 6.07) is 6.74. The number of halogens is 2. The van der Waals surface area contributed by atoms with Crippen LogP contribution < -0.4 is 15.8 Å². The van der Waals surface area contributed by atoms with E-state index in [0.29, 0.717) is 22.8 Å². The van der Waals surface area contributed by atoms with E-state index in [2.05, 4.69) is 15.0 Å². The maximum Gasteiger partial charge on any atom is 0.387 e. The first-order valence-electron chi connectivity index (χ1n) is 10.5. The topological polar surface area (TPSA) is 104 Å². The minimum atomic E-state index is -2.84. The molecule has 2 atom stereocenters. The third-order valence-corrected chi connectivity index (χ3v) is 6.91. The molecule has 4 rings (SSSR count). The molecular formula is C22H29F2N3O3S. The summed E-state index contributed by atoms with van der Waals surface area (Å²) in [5.74, 6) is 1.45. The third-order valence-electron chi connectivity index (χ3n) is 5.44. The van der Waals surface area contributed by atoms with Crippen molar-refractivity contribution in [2.75, 3.05) is 11.5 Å². The van der Waals surface area contributed by atoms with Gasteiger partial charge in [0.25, 0.3) is 0 Å². The van der Waals surface area contributed by atoms with Gasteiger partial charge in [0.15, 0.2) is 0 Å². The van der Waals surface area contributed by atoms with E-state index in [4.69, 9.17) is 5.73 Å². The largest absolute Gasteiger partial charge is 0.435 e. The standard InChI is InChI=1S/C17H22F2N2O.C5H7NO2S/c1-11(2)21-15-9-4-3-8-14(15)16(20)12-6-5-7-13(10-12)22-17(18)19;7-4-5(6-4)1-2-9(8)3-5/h5-7,10-11,17H,3-4,8-9,20H2,1-2H3;1-3H2,(H,6,7)/b16-14-,21-15?;. The number of ether oxygens (including phenoxy) is 1. The number of carbonyl (C=O) groups excluding carboxylic acids is 1. The van der Waals surface area contributed by atoms with Crippen LogP contribution in [0.4, 0.5) is 8.78 Å². The molecule has 3 N–H and O–H groups in total. The van der Waals surface area contributed by atoms with Crippen LogP contribution in [0.25, 0.3) is 5.70 Å². The summed E-state index contributed by atoms with van der Waals surface area (Å²) in [7, 11) is -0.734. The lowest BCUT2D eigenvalue weighted by atomic mass is 9.89. The van der Waals surface area contributed by atoms with E-state index in [1.165, 1.54) is 6.07 Å². The fourth-order valence-corrected chi connectivity index (χ4v) is 5.44. The molecule has 1 amide bonds.